The molecule has 0 bridgehead atoms. The molecule has 4 nitrogen and oxygen atoms in total. The summed E-state index contributed by atoms with van der Waals surface area (Å²) >= 11 is 0. The number of hydrogen-bond donors (Lipinski definition) is 1. The van der Waals surface area contributed by atoms with Crippen molar-refractivity contribution in [3.8, 4) is 17.6 Å². The predicted octanol–water partition coefficient (Wildman–Crippen LogP) is 1.70. The highest BCUT2D eigenvalue weighted by Crippen LogP contribution is 2.28. The van der Waals surface area contributed by atoms with E-state index in [1.807, 2.05) is 0 Å². The summed E-state index contributed by atoms with van der Waals surface area (Å²) in [6.45, 7) is 1.68. The Morgan fingerprint density at radius 2 is 2.35 bits per heavy atom. The summed E-state index contributed by atoms with van der Waals surface area (Å²) in [6.07, 6.45) is 2.34. The third-order valence-corrected chi connectivity index (χ3v) is 2.90. The van der Waals surface area contributed by atoms with Crippen molar-refractivity contribution in [2.24, 2.45) is 0 Å². The first kappa shape index (κ1) is 11.7. The van der Waals surface area contributed by atoms with E-state index in [-0.39, 0.29) is 0 Å². The molecule has 0 radical (unpaired) electrons. The average Bonchev–Trinajstić information content (AvgIpc) is 2.89. The maximum Gasteiger partial charge on any atom is 0.162 e. The van der Waals surface area contributed by atoms with Gasteiger partial charge in [0.2, 0.25) is 0 Å². The van der Waals surface area contributed by atoms with Crippen LogP contribution >= 0.6 is 0 Å². The van der Waals surface area contributed by atoms with Crippen LogP contribution in [0.1, 0.15) is 18.4 Å². The number of benzene rings is 1. The zero-order chi connectivity index (χ0) is 12.1. The smallest absolute Gasteiger partial charge is 0.162 e. The van der Waals surface area contributed by atoms with Crippen LogP contribution in [0.3, 0.4) is 0 Å². The highest BCUT2D eigenvalue weighted by Gasteiger charge is 2.15. The van der Waals surface area contributed by atoms with Gasteiger partial charge in [0.15, 0.2) is 11.5 Å². The maximum atomic E-state index is 8.85. The van der Waals surface area contributed by atoms with Crippen LogP contribution in [0, 0.1) is 11.3 Å². The lowest BCUT2D eigenvalue weighted by Gasteiger charge is -2.14. The van der Waals surface area contributed by atoms with E-state index in [1.54, 1.807) is 25.3 Å². The second-order valence-electron chi connectivity index (χ2n) is 4.08. The van der Waals surface area contributed by atoms with Crippen LogP contribution in [0.25, 0.3) is 0 Å². The number of ether oxygens (including phenoxy) is 2. The fourth-order valence-electron chi connectivity index (χ4n) is 1.95. The van der Waals surface area contributed by atoms with Crippen LogP contribution in [-0.2, 0) is 0 Å². The minimum atomic E-state index is 0.408. The minimum absolute atomic E-state index is 0.408. The van der Waals surface area contributed by atoms with Gasteiger partial charge in [0.05, 0.1) is 18.7 Å². The molecule has 1 fully saturated rings. The quantitative estimate of drug-likeness (QED) is 0.858. The van der Waals surface area contributed by atoms with Crippen molar-refractivity contribution < 1.29 is 9.47 Å². The molecule has 1 N–H and O–H groups in total. The topological polar surface area (TPSA) is 54.3 Å². The third kappa shape index (κ3) is 2.89. The molecule has 0 amide bonds. The van der Waals surface area contributed by atoms with Crippen molar-refractivity contribution >= 4 is 0 Å². The zero-order valence-electron chi connectivity index (χ0n) is 9.90. The lowest BCUT2D eigenvalue weighted by Crippen LogP contribution is -2.28. The Labute approximate surface area is 101 Å². The highest BCUT2D eigenvalue weighted by molar-refractivity contribution is 5.46. The van der Waals surface area contributed by atoms with Crippen molar-refractivity contribution in [3.63, 3.8) is 0 Å². The van der Waals surface area contributed by atoms with Crippen molar-refractivity contribution in [2.45, 2.75) is 18.9 Å². The zero-order valence-corrected chi connectivity index (χ0v) is 9.90. The summed E-state index contributed by atoms with van der Waals surface area (Å²) in [6, 6.07) is 7.70. The second kappa shape index (κ2) is 5.55. The Morgan fingerprint density at radius 1 is 1.47 bits per heavy atom. The number of hydrogen-bond acceptors (Lipinski definition) is 4. The van der Waals surface area contributed by atoms with E-state index in [0.29, 0.717) is 29.7 Å². The molecule has 1 aliphatic heterocycles. The molecule has 1 aromatic carbocycles. The number of nitriles is 1. The van der Waals surface area contributed by atoms with E-state index in [1.165, 1.54) is 6.42 Å². The van der Waals surface area contributed by atoms with E-state index in [9.17, 15) is 0 Å². The molecular weight excluding hydrogens is 216 g/mol. The molecule has 2 rings (SSSR count). The summed E-state index contributed by atoms with van der Waals surface area (Å²) in [4.78, 5) is 0. The van der Waals surface area contributed by atoms with Gasteiger partial charge in [-0.05, 0) is 31.5 Å². The first-order valence-electron chi connectivity index (χ1n) is 5.78. The lowest BCUT2D eigenvalue weighted by molar-refractivity contribution is 0.262. The maximum absolute atomic E-state index is 8.85. The van der Waals surface area contributed by atoms with E-state index < -0.39 is 0 Å². The first-order chi connectivity index (χ1) is 8.33. The molecule has 0 saturated carbocycles. The van der Waals surface area contributed by atoms with Crippen LogP contribution in [0.4, 0.5) is 0 Å². The molecule has 1 aliphatic rings. The van der Waals surface area contributed by atoms with Gasteiger partial charge in [-0.15, -0.1) is 0 Å². The molecular formula is C13H16N2O2. The largest absolute Gasteiger partial charge is 0.493 e. The number of rotatable bonds is 4. The summed E-state index contributed by atoms with van der Waals surface area (Å²) in [5.74, 6) is 1.31. The summed E-state index contributed by atoms with van der Waals surface area (Å²) in [5, 5.41) is 12.2. The molecule has 0 aromatic heterocycles. The van der Waals surface area contributed by atoms with Crippen LogP contribution in [0.2, 0.25) is 0 Å². The van der Waals surface area contributed by atoms with Gasteiger partial charge in [-0.3, -0.25) is 0 Å². The van der Waals surface area contributed by atoms with E-state index in [4.69, 9.17) is 14.7 Å². The fourth-order valence-corrected chi connectivity index (χ4v) is 1.95. The normalized spacial score (nSPS) is 18.7. The summed E-state index contributed by atoms with van der Waals surface area (Å²) in [7, 11) is 1.60. The molecule has 1 saturated heterocycles. The second-order valence-corrected chi connectivity index (χ2v) is 4.08. The Bertz CT molecular complexity index is 420. The van der Waals surface area contributed by atoms with Gasteiger partial charge >= 0.3 is 0 Å². The standard InChI is InChI=1S/C13H16N2O2/c1-16-12-5-4-10(8-14)7-13(12)17-9-11-3-2-6-15-11/h4-5,7,11,15H,2-3,6,9H2,1H3. The average molecular weight is 232 g/mol. The van der Waals surface area contributed by atoms with Crippen molar-refractivity contribution in [2.75, 3.05) is 20.3 Å². The van der Waals surface area contributed by atoms with Crippen LogP contribution in [0.15, 0.2) is 18.2 Å². The van der Waals surface area contributed by atoms with E-state index >= 15 is 0 Å². The van der Waals surface area contributed by atoms with Gasteiger partial charge in [0.1, 0.15) is 6.61 Å². The predicted molar refractivity (Wildman–Crippen MR) is 64.2 cm³/mol. The van der Waals surface area contributed by atoms with Gasteiger partial charge in [-0.2, -0.15) is 5.26 Å². The Morgan fingerprint density at radius 3 is 3.00 bits per heavy atom. The van der Waals surface area contributed by atoms with Crippen molar-refractivity contribution in [1.82, 2.24) is 5.32 Å². The molecule has 17 heavy (non-hydrogen) atoms. The van der Waals surface area contributed by atoms with Crippen LogP contribution in [-0.4, -0.2) is 26.3 Å². The fraction of sp³-hybridized carbons (Fsp3) is 0.462. The lowest BCUT2D eigenvalue weighted by atomic mass is 10.2. The van der Waals surface area contributed by atoms with E-state index in [2.05, 4.69) is 11.4 Å². The minimum Gasteiger partial charge on any atom is -0.493 e. The summed E-state index contributed by atoms with van der Waals surface area (Å²) in [5.41, 5.74) is 0.584. The molecule has 0 aliphatic carbocycles. The molecule has 0 spiro atoms. The van der Waals surface area contributed by atoms with Crippen LogP contribution in [0.5, 0.6) is 11.5 Å². The van der Waals surface area contributed by atoms with E-state index in [0.717, 1.165) is 13.0 Å². The monoisotopic (exact) mass is 232 g/mol. The van der Waals surface area contributed by atoms with Gasteiger partial charge in [0.25, 0.3) is 0 Å². The van der Waals surface area contributed by atoms with Gasteiger partial charge < -0.3 is 14.8 Å². The van der Waals surface area contributed by atoms with Crippen LogP contribution < -0.4 is 14.8 Å². The van der Waals surface area contributed by atoms with Gasteiger partial charge in [-0.1, -0.05) is 0 Å². The number of nitrogens with one attached hydrogen (secondary N) is 1. The third-order valence-electron chi connectivity index (χ3n) is 2.90. The SMILES string of the molecule is COc1ccc(C#N)cc1OCC1CCCN1. The highest BCUT2D eigenvalue weighted by atomic mass is 16.5. The molecule has 4 heteroatoms. The molecule has 1 heterocycles. The van der Waals surface area contributed by atoms with Crippen molar-refractivity contribution in [3.05, 3.63) is 23.8 Å². The molecule has 1 unspecified atom stereocenters. The molecule has 1 atom stereocenters. The van der Waals surface area contributed by atoms with Gasteiger partial charge in [0, 0.05) is 12.1 Å². The Balaban J connectivity index is 2.04. The Kier molecular flexibility index (Phi) is 3.84. The van der Waals surface area contributed by atoms with Crippen molar-refractivity contribution in [1.29, 1.82) is 5.26 Å². The summed E-state index contributed by atoms with van der Waals surface area (Å²) < 4.78 is 10.9. The Hall–Kier alpha value is -1.73. The molecule has 1 aromatic rings. The van der Waals surface area contributed by atoms with Gasteiger partial charge in [-0.25, -0.2) is 0 Å². The number of nitrogens with zero attached hydrogens (tertiary/aromatic N) is 1. The number of methoxy groups -OCH3 is 1. The first-order valence-corrected chi connectivity index (χ1v) is 5.78. The molecule has 90 valence electrons.